The molecule has 2 atom stereocenters. The Kier molecular flexibility index (Phi) is 12.7. The van der Waals surface area contributed by atoms with E-state index in [1.54, 1.807) is 7.11 Å². The molecule has 0 N–H and O–H groups in total. The molecule has 0 heterocycles. The maximum absolute atomic E-state index is 6.43. The zero-order valence-electron chi connectivity index (χ0n) is 18.5. The fourth-order valence-corrected chi connectivity index (χ4v) is 5.11. The molecule has 0 saturated heterocycles. The van der Waals surface area contributed by atoms with Crippen LogP contribution in [-0.4, -0.2) is 33.8 Å². The van der Waals surface area contributed by atoms with Crippen molar-refractivity contribution < 1.29 is 13.6 Å². The van der Waals surface area contributed by atoms with E-state index in [1.807, 2.05) is 12.2 Å². The number of hydrogen-bond acceptors (Lipinski definition) is 3. The lowest BCUT2D eigenvalue weighted by molar-refractivity contribution is -0.00401. The van der Waals surface area contributed by atoms with Crippen molar-refractivity contribution in [3.63, 3.8) is 0 Å². The summed E-state index contributed by atoms with van der Waals surface area (Å²) >= 11 is 0. The van der Waals surface area contributed by atoms with Gasteiger partial charge in [-0.25, -0.2) is 0 Å². The second-order valence-electron chi connectivity index (χ2n) is 8.85. The number of allylic oxidation sites excluding steroid dienone is 2. The van der Waals surface area contributed by atoms with Crippen LogP contribution in [0.2, 0.25) is 0 Å². The summed E-state index contributed by atoms with van der Waals surface area (Å²) < 4.78 is 18.3. The van der Waals surface area contributed by atoms with E-state index in [2.05, 4.69) is 54.7 Å². The molecule has 0 rings (SSSR count). The lowest BCUT2D eigenvalue weighted by Gasteiger charge is -2.35. The minimum absolute atomic E-state index is 0.177. The summed E-state index contributed by atoms with van der Waals surface area (Å²) in [6, 6.07) is 0. The zero-order chi connectivity index (χ0) is 20.2. The third-order valence-electron chi connectivity index (χ3n) is 4.89. The molecule has 0 aromatic rings. The van der Waals surface area contributed by atoms with Crippen LogP contribution in [0.15, 0.2) is 25.3 Å². The Hall–Kier alpha value is -0.423. The van der Waals surface area contributed by atoms with Crippen molar-refractivity contribution in [2.45, 2.75) is 91.3 Å². The molecule has 0 bridgehead atoms. The van der Waals surface area contributed by atoms with Crippen LogP contribution in [0, 0.1) is 11.8 Å². The summed E-state index contributed by atoms with van der Waals surface area (Å²) in [6.07, 6.45) is 11.3. The van der Waals surface area contributed by atoms with Crippen LogP contribution in [0.5, 0.6) is 0 Å². The van der Waals surface area contributed by atoms with Gasteiger partial charge in [0.1, 0.15) is 0 Å². The molecule has 154 valence electrons. The average molecular weight is 385 g/mol. The fourth-order valence-electron chi connectivity index (χ4n) is 2.99. The molecule has 0 aliphatic rings. The van der Waals surface area contributed by atoms with E-state index in [0.29, 0.717) is 18.1 Å². The van der Waals surface area contributed by atoms with Crippen molar-refractivity contribution in [3.05, 3.63) is 25.3 Å². The highest BCUT2D eigenvalue weighted by molar-refractivity contribution is 6.44. The maximum atomic E-state index is 6.43. The van der Waals surface area contributed by atoms with Crippen molar-refractivity contribution >= 4 is 9.28 Å². The van der Waals surface area contributed by atoms with Crippen LogP contribution in [0.25, 0.3) is 0 Å². The van der Waals surface area contributed by atoms with E-state index >= 15 is 0 Å². The monoisotopic (exact) mass is 384 g/mol. The Morgan fingerprint density at radius 1 is 0.846 bits per heavy atom. The van der Waals surface area contributed by atoms with E-state index in [1.165, 1.54) is 0 Å². The minimum atomic E-state index is -1.90. The van der Waals surface area contributed by atoms with Crippen molar-refractivity contribution in [1.29, 1.82) is 0 Å². The molecule has 3 nitrogen and oxygen atoms in total. The molecule has 0 radical (unpaired) electrons. The Labute approximate surface area is 165 Å². The van der Waals surface area contributed by atoms with Crippen LogP contribution >= 0.6 is 0 Å². The summed E-state index contributed by atoms with van der Waals surface area (Å²) in [7, 11) is -0.169. The van der Waals surface area contributed by atoms with Crippen LogP contribution < -0.4 is 0 Å². The quantitative estimate of drug-likeness (QED) is 0.242. The van der Waals surface area contributed by atoms with Gasteiger partial charge in [0.2, 0.25) is 0 Å². The summed E-state index contributed by atoms with van der Waals surface area (Å²) in [5.74, 6) is 1.12. The first kappa shape index (κ1) is 25.6. The second-order valence-corrected chi connectivity index (χ2v) is 10.5. The first-order valence-electron chi connectivity index (χ1n) is 10.1. The number of ether oxygens (including phenoxy) is 1. The molecule has 4 heteroatoms. The Bertz CT molecular complexity index is 359. The second kappa shape index (κ2) is 12.9. The van der Waals surface area contributed by atoms with Crippen molar-refractivity contribution in [2.24, 2.45) is 11.8 Å². The number of rotatable bonds is 16. The fraction of sp³-hybridized carbons (Fsp3) is 0.818. The first-order chi connectivity index (χ1) is 12.0. The molecule has 2 unspecified atom stereocenters. The molecule has 0 fully saturated rings. The molecule has 0 amide bonds. The molecule has 0 spiro atoms. The summed E-state index contributed by atoms with van der Waals surface area (Å²) in [5, 5.41) is 0. The van der Waals surface area contributed by atoms with Gasteiger partial charge in [-0.05, 0) is 65.2 Å². The van der Waals surface area contributed by atoms with Gasteiger partial charge in [0, 0.05) is 7.11 Å². The third kappa shape index (κ3) is 12.9. The molecule has 26 heavy (non-hydrogen) atoms. The third-order valence-corrected chi connectivity index (χ3v) is 7.29. The van der Waals surface area contributed by atoms with Crippen molar-refractivity contribution in [1.82, 2.24) is 0 Å². The van der Waals surface area contributed by atoms with Gasteiger partial charge in [0.05, 0.1) is 17.4 Å². The van der Waals surface area contributed by atoms with Crippen molar-refractivity contribution in [3.8, 4) is 0 Å². The lowest BCUT2D eigenvalue weighted by Crippen LogP contribution is -2.44. The van der Waals surface area contributed by atoms with Gasteiger partial charge in [0.25, 0.3) is 0 Å². The lowest BCUT2D eigenvalue weighted by atomic mass is 9.97. The molecule has 0 aliphatic heterocycles. The topological polar surface area (TPSA) is 27.7 Å². The zero-order valence-corrected chi connectivity index (χ0v) is 19.6. The van der Waals surface area contributed by atoms with Gasteiger partial charge in [-0.3, -0.25) is 0 Å². The van der Waals surface area contributed by atoms with Crippen LogP contribution in [0.3, 0.4) is 0 Å². The molecular formula is C22H44O3Si. The predicted molar refractivity (Wildman–Crippen MR) is 116 cm³/mol. The van der Waals surface area contributed by atoms with Gasteiger partial charge in [0.15, 0.2) is 0 Å². The molecule has 0 aromatic heterocycles. The Balaban J connectivity index is 4.54. The molecule has 0 aliphatic carbocycles. The van der Waals surface area contributed by atoms with E-state index in [0.717, 1.165) is 38.5 Å². The van der Waals surface area contributed by atoms with Crippen LogP contribution in [0.4, 0.5) is 0 Å². The summed E-state index contributed by atoms with van der Waals surface area (Å²) in [4.78, 5) is 0. The van der Waals surface area contributed by atoms with Gasteiger partial charge in [-0.15, -0.1) is 13.2 Å². The SMILES string of the molecule is C=CC(C)CCCC(C)(C)O[SiH](COC)OC(C)(C)CCCC(C)C=C. The van der Waals surface area contributed by atoms with E-state index in [-0.39, 0.29) is 11.2 Å². The number of methoxy groups -OCH3 is 1. The Morgan fingerprint density at radius 3 is 1.54 bits per heavy atom. The first-order valence-corrected chi connectivity index (χ1v) is 11.9. The summed E-state index contributed by atoms with van der Waals surface area (Å²) in [6.45, 7) is 20.8. The highest BCUT2D eigenvalue weighted by Gasteiger charge is 2.31. The van der Waals surface area contributed by atoms with E-state index in [9.17, 15) is 0 Å². The molecule has 0 saturated carbocycles. The maximum Gasteiger partial charge on any atom is 0.348 e. The van der Waals surface area contributed by atoms with Crippen molar-refractivity contribution in [2.75, 3.05) is 13.3 Å². The summed E-state index contributed by atoms with van der Waals surface area (Å²) in [5.41, 5.74) is -0.354. The van der Waals surface area contributed by atoms with Gasteiger partial charge >= 0.3 is 9.28 Å². The minimum Gasteiger partial charge on any atom is -0.390 e. The highest BCUT2D eigenvalue weighted by Crippen LogP contribution is 2.26. The smallest absolute Gasteiger partial charge is 0.348 e. The van der Waals surface area contributed by atoms with Gasteiger partial charge < -0.3 is 13.6 Å². The highest BCUT2D eigenvalue weighted by atomic mass is 28.3. The molecule has 0 aromatic carbocycles. The van der Waals surface area contributed by atoms with Gasteiger partial charge in [-0.2, -0.15) is 0 Å². The van der Waals surface area contributed by atoms with E-state index < -0.39 is 9.28 Å². The standard InChI is InChI=1S/C22H44O3Si/c1-10-19(3)14-12-16-21(5,6)24-26(18-23-9)25-22(7,8)17-13-15-20(4)11-2/h10-11,19-20,26H,1-2,12-18H2,3-9H3. The number of hydrogen-bond donors (Lipinski definition) is 0. The normalized spacial score (nSPS) is 16.1. The van der Waals surface area contributed by atoms with E-state index in [4.69, 9.17) is 13.6 Å². The van der Waals surface area contributed by atoms with Crippen LogP contribution in [0.1, 0.15) is 80.1 Å². The predicted octanol–water partition coefficient (Wildman–Crippen LogP) is 5.97. The molecular weight excluding hydrogens is 340 g/mol. The van der Waals surface area contributed by atoms with Gasteiger partial charge in [-0.1, -0.05) is 38.8 Å². The average Bonchev–Trinajstić information content (AvgIpc) is 2.53. The largest absolute Gasteiger partial charge is 0.390 e. The van der Waals surface area contributed by atoms with Crippen LogP contribution in [-0.2, 0) is 13.6 Å². The Morgan fingerprint density at radius 2 is 1.23 bits per heavy atom.